The Hall–Kier alpha value is -3.42. The van der Waals surface area contributed by atoms with Gasteiger partial charge in [0.1, 0.15) is 9.79 Å². The maximum Gasteiger partial charge on any atom is 0.313 e. The first-order valence-electron chi connectivity index (χ1n) is 9.71. The summed E-state index contributed by atoms with van der Waals surface area (Å²) in [7, 11) is -9.28. The zero-order valence-electron chi connectivity index (χ0n) is 17.8. The highest BCUT2D eigenvalue weighted by Crippen LogP contribution is 2.40. The highest BCUT2D eigenvalue weighted by atomic mass is 32.2. The maximum absolute atomic E-state index is 13.5. The van der Waals surface area contributed by atoms with Gasteiger partial charge in [-0.3, -0.25) is 14.1 Å². The summed E-state index contributed by atoms with van der Waals surface area (Å²) in [5.74, 6) is 3.56. The first-order chi connectivity index (χ1) is 15.9. The van der Waals surface area contributed by atoms with Crippen LogP contribution in [0.1, 0.15) is 43.0 Å². The third-order valence-corrected chi connectivity index (χ3v) is 7.57. The van der Waals surface area contributed by atoms with Crippen molar-refractivity contribution in [3.05, 3.63) is 81.9 Å². The van der Waals surface area contributed by atoms with Crippen LogP contribution in [0.25, 0.3) is 0 Å². The minimum Gasteiger partial charge on any atom is -0.354 e. The maximum atomic E-state index is 13.5. The second-order valence-electron chi connectivity index (χ2n) is 7.67. The summed E-state index contributed by atoms with van der Waals surface area (Å²) < 4.78 is 62.9. The van der Waals surface area contributed by atoms with Crippen LogP contribution in [-0.2, 0) is 24.5 Å². The van der Waals surface area contributed by atoms with Crippen LogP contribution in [0.4, 0.5) is 11.4 Å². The van der Waals surface area contributed by atoms with Crippen molar-refractivity contribution in [2.75, 3.05) is 5.32 Å². The SMILES string of the molecule is Cc1ccc(Nc2cc(C)c(S(=O)(=O)ON)c3c2C(=O)c2ccccc2C3=O)c(S(=O)(=O)O)c1. The summed E-state index contributed by atoms with van der Waals surface area (Å²) >= 11 is 0. The highest BCUT2D eigenvalue weighted by Gasteiger charge is 2.38. The summed E-state index contributed by atoms with van der Waals surface area (Å²) in [4.78, 5) is 25.8. The molecule has 176 valence electrons. The smallest absolute Gasteiger partial charge is 0.313 e. The van der Waals surface area contributed by atoms with Gasteiger partial charge in [-0.15, -0.1) is 0 Å². The second-order valence-corrected chi connectivity index (χ2v) is 10.6. The molecule has 4 rings (SSSR count). The van der Waals surface area contributed by atoms with Gasteiger partial charge in [0.25, 0.3) is 10.1 Å². The molecule has 0 aliphatic heterocycles. The average molecular weight is 503 g/mol. The Bertz CT molecular complexity index is 1610. The van der Waals surface area contributed by atoms with Crippen molar-refractivity contribution in [3.63, 3.8) is 0 Å². The van der Waals surface area contributed by atoms with E-state index in [2.05, 4.69) is 9.60 Å². The lowest BCUT2D eigenvalue weighted by molar-refractivity contribution is 0.0977. The van der Waals surface area contributed by atoms with Crippen LogP contribution in [0, 0.1) is 13.8 Å². The van der Waals surface area contributed by atoms with E-state index in [9.17, 15) is 31.0 Å². The van der Waals surface area contributed by atoms with E-state index in [1.54, 1.807) is 19.1 Å². The van der Waals surface area contributed by atoms with Gasteiger partial charge in [0.15, 0.2) is 11.6 Å². The molecule has 0 heterocycles. The van der Waals surface area contributed by atoms with E-state index in [-0.39, 0.29) is 33.6 Å². The fraction of sp³-hybridized carbons (Fsp3) is 0.0909. The molecule has 0 saturated heterocycles. The van der Waals surface area contributed by atoms with Crippen LogP contribution in [0.5, 0.6) is 0 Å². The molecule has 12 heteroatoms. The van der Waals surface area contributed by atoms with E-state index in [1.807, 2.05) is 0 Å². The van der Waals surface area contributed by atoms with Gasteiger partial charge in [-0.1, -0.05) is 30.3 Å². The number of benzene rings is 3. The van der Waals surface area contributed by atoms with Crippen molar-refractivity contribution in [2.45, 2.75) is 23.6 Å². The van der Waals surface area contributed by atoms with E-state index in [0.29, 0.717) is 5.56 Å². The molecule has 0 spiro atoms. The minimum absolute atomic E-state index is 0.000942. The number of rotatable bonds is 5. The zero-order valence-corrected chi connectivity index (χ0v) is 19.5. The molecule has 0 atom stereocenters. The molecule has 0 radical (unpaired) electrons. The van der Waals surface area contributed by atoms with E-state index >= 15 is 0 Å². The molecule has 0 unspecified atom stereocenters. The van der Waals surface area contributed by atoms with Crippen LogP contribution in [-0.4, -0.2) is 33.0 Å². The first-order valence-corrected chi connectivity index (χ1v) is 12.6. The number of anilines is 2. The molecule has 4 N–H and O–H groups in total. The van der Waals surface area contributed by atoms with E-state index < -0.39 is 47.2 Å². The van der Waals surface area contributed by atoms with Gasteiger partial charge in [-0.2, -0.15) is 27.0 Å². The monoisotopic (exact) mass is 502 g/mol. The summed E-state index contributed by atoms with van der Waals surface area (Å²) in [5, 5.41) is 2.77. The highest BCUT2D eigenvalue weighted by molar-refractivity contribution is 7.87. The quantitative estimate of drug-likeness (QED) is 0.272. The van der Waals surface area contributed by atoms with Crippen molar-refractivity contribution in [1.82, 2.24) is 0 Å². The predicted octanol–water partition coefficient (Wildman–Crippen LogP) is 2.65. The minimum atomic E-state index is -4.66. The number of ketones is 2. The Morgan fingerprint density at radius 3 is 2.00 bits per heavy atom. The fourth-order valence-corrected chi connectivity index (χ4v) is 5.69. The second kappa shape index (κ2) is 8.11. The van der Waals surface area contributed by atoms with Gasteiger partial charge >= 0.3 is 10.1 Å². The first kappa shape index (κ1) is 23.7. The molecule has 3 aromatic rings. The number of hydrogen-bond acceptors (Lipinski definition) is 9. The van der Waals surface area contributed by atoms with Crippen molar-refractivity contribution < 1.29 is 35.3 Å². The molecular formula is C22H18N2O8S2. The summed E-state index contributed by atoms with van der Waals surface area (Å²) in [6.07, 6.45) is 0. The lowest BCUT2D eigenvalue weighted by atomic mass is 9.82. The molecule has 0 saturated carbocycles. The van der Waals surface area contributed by atoms with E-state index in [4.69, 9.17) is 5.90 Å². The molecule has 0 amide bonds. The summed E-state index contributed by atoms with van der Waals surface area (Å²) in [5.41, 5.74) is -0.263. The van der Waals surface area contributed by atoms with Gasteiger partial charge in [-0.05, 0) is 43.2 Å². The van der Waals surface area contributed by atoms with Gasteiger partial charge < -0.3 is 5.32 Å². The summed E-state index contributed by atoms with van der Waals surface area (Å²) in [6.45, 7) is 2.99. The number of aryl methyl sites for hydroxylation is 2. The van der Waals surface area contributed by atoms with Crippen LogP contribution in [0.15, 0.2) is 58.3 Å². The average Bonchev–Trinajstić information content (AvgIpc) is 2.77. The third-order valence-electron chi connectivity index (χ3n) is 5.40. The fourth-order valence-electron chi connectivity index (χ4n) is 3.96. The molecule has 1 aliphatic rings. The van der Waals surface area contributed by atoms with Crippen molar-refractivity contribution in [1.29, 1.82) is 0 Å². The molecule has 0 aromatic heterocycles. The Morgan fingerprint density at radius 1 is 0.853 bits per heavy atom. The third kappa shape index (κ3) is 3.81. The van der Waals surface area contributed by atoms with Gasteiger partial charge in [0, 0.05) is 11.1 Å². The van der Waals surface area contributed by atoms with E-state index in [0.717, 1.165) is 0 Å². The van der Waals surface area contributed by atoms with Crippen molar-refractivity contribution in [2.24, 2.45) is 5.90 Å². The number of fused-ring (bicyclic) bond motifs is 2. The van der Waals surface area contributed by atoms with E-state index in [1.165, 1.54) is 43.3 Å². The molecular weight excluding hydrogens is 484 g/mol. The molecule has 0 fully saturated rings. The van der Waals surface area contributed by atoms with Crippen LogP contribution >= 0.6 is 0 Å². The predicted molar refractivity (Wildman–Crippen MR) is 121 cm³/mol. The molecule has 3 aromatic carbocycles. The van der Waals surface area contributed by atoms with Gasteiger partial charge in [0.2, 0.25) is 0 Å². The largest absolute Gasteiger partial charge is 0.354 e. The van der Waals surface area contributed by atoms with Crippen LogP contribution in [0.2, 0.25) is 0 Å². The number of hydrogen-bond donors (Lipinski definition) is 3. The van der Waals surface area contributed by atoms with Crippen LogP contribution in [0.3, 0.4) is 0 Å². The van der Waals surface area contributed by atoms with Crippen LogP contribution < -0.4 is 11.2 Å². The number of nitrogens with two attached hydrogens (primary N) is 1. The van der Waals surface area contributed by atoms with Crippen molar-refractivity contribution in [3.8, 4) is 0 Å². The Kier molecular flexibility index (Phi) is 5.66. The van der Waals surface area contributed by atoms with Crippen molar-refractivity contribution >= 4 is 43.2 Å². The zero-order chi connectivity index (χ0) is 25.0. The van der Waals surface area contributed by atoms with Gasteiger partial charge in [-0.25, -0.2) is 0 Å². The lowest BCUT2D eigenvalue weighted by Crippen LogP contribution is -2.27. The number of carbonyl (C=O) groups is 2. The number of nitrogens with one attached hydrogen (secondary N) is 1. The topological polar surface area (TPSA) is 170 Å². The Balaban J connectivity index is 2.06. The normalized spacial score (nSPS) is 13.4. The summed E-state index contributed by atoms with van der Waals surface area (Å²) in [6, 6.07) is 11.3. The Morgan fingerprint density at radius 2 is 1.44 bits per heavy atom. The molecule has 34 heavy (non-hydrogen) atoms. The number of carbonyl (C=O) groups excluding carboxylic acids is 2. The lowest BCUT2D eigenvalue weighted by Gasteiger charge is -2.24. The Labute approximate surface area is 195 Å². The molecule has 1 aliphatic carbocycles. The molecule has 0 bridgehead atoms. The van der Waals surface area contributed by atoms with Gasteiger partial charge in [0.05, 0.1) is 22.5 Å². The standard InChI is InChI=1S/C22H18N2O8S2/c1-11-7-8-15(17(9-11)33(27,28)29)24-16-10-12(2)22(34(30,31)32-23)19-18(16)20(25)13-5-3-4-6-14(13)21(19)26/h3-10,24H,23H2,1-2H3,(H,27,28,29). The molecule has 10 nitrogen and oxygen atoms in total.